The first-order chi connectivity index (χ1) is 2.27. The standard InChI is InChI=1S/C2H5NO2.Al.3H2O/c3-1-2(4)5;;;;/h1,3H2,(H,4,5);;3*1H2/q;+3;;;/p-3. The van der Waals surface area contributed by atoms with Gasteiger partial charge in [-0.25, -0.2) is 0 Å². The van der Waals surface area contributed by atoms with E-state index in [1.807, 2.05) is 0 Å². The van der Waals surface area contributed by atoms with E-state index < -0.39 is 5.97 Å². The van der Waals surface area contributed by atoms with Crippen LogP contribution in [-0.2, 0) is 4.79 Å². The Kier molecular flexibility index (Phi) is 102. The molecule has 9 heavy (non-hydrogen) atoms. The Labute approximate surface area is 62.7 Å². The van der Waals surface area contributed by atoms with Crippen molar-refractivity contribution in [2.75, 3.05) is 6.54 Å². The zero-order valence-electron chi connectivity index (χ0n) is 4.56. The number of rotatable bonds is 1. The molecule has 0 fully saturated rings. The summed E-state index contributed by atoms with van der Waals surface area (Å²) in [6, 6.07) is 0. The van der Waals surface area contributed by atoms with Crippen molar-refractivity contribution in [1.29, 1.82) is 0 Å². The van der Waals surface area contributed by atoms with Gasteiger partial charge < -0.3 is 27.3 Å². The molecule has 6 nitrogen and oxygen atoms in total. The Morgan fingerprint density at radius 3 is 1.44 bits per heavy atom. The van der Waals surface area contributed by atoms with Gasteiger partial charge in [-0.3, -0.25) is 4.79 Å². The number of carbonyl (C=O) groups is 1. The number of nitrogens with two attached hydrogens (primary N) is 1. The molecule has 0 spiro atoms. The van der Waals surface area contributed by atoms with Gasteiger partial charge in [0.25, 0.3) is 0 Å². The second-order valence-electron chi connectivity index (χ2n) is 0.598. The van der Waals surface area contributed by atoms with Gasteiger partial charge in [0.15, 0.2) is 0 Å². The molecule has 0 rings (SSSR count). The maximum Gasteiger partial charge on any atom is 3.00 e. The fourth-order valence-electron chi connectivity index (χ4n) is 0. The summed E-state index contributed by atoms with van der Waals surface area (Å²) < 4.78 is 0. The number of carboxylic acid groups (broad SMARTS) is 1. The third kappa shape index (κ3) is 78.9. The van der Waals surface area contributed by atoms with Gasteiger partial charge in [0.05, 0.1) is 6.54 Å². The van der Waals surface area contributed by atoms with Crippen molar-refractivity contribution >= 4 is 23.3 Å². The Morgan fingerprint density at radius 1 is 1.33 bits per heavy atom. The van der Waals surface area contributed by atoms with Crippen molar-refractivity contribution in [1.82, 2.24) is 0 Å². The minimum absolute atomic E-state index is 0. The van der Waals surface area contributed by atoms with E-state index in [1.54, 1.807) is 0 Å². The van der Waals surface area contributed by atoms with Gasteiger partial charge in [0, 0.05) is 0 Å². The second kappa shape index (κ2) is 24.9. The van der Waals surface area contributed by atoms with Crippen LogP contribution in [0.5, 0.6) is 0 Å². The summed E-state index contributed by atoms with van der Waals surface area (Å²) in [4.78, 5) is 9.24. The molecule has 0 aliphatic heterocycles. The molecule has 54 valence electrons. The van der Waals surface area contributed by atoms with Crippen LogP contribution in [0, 0.1) is 0 Å². The zero-order valence-corrected chi connectivity index (χ0v) is 5.71. The van der Waals surface area contributed by atoms with Crippen LogP contribution in [0.15, 0.2) is 0 Å². The fraction of sp³-hybridized carbons (Fsp3) is 0.500. The maximum absolute atomic E-state index is 9.24. The molecule has 0 aliphatic rings. The largest absolute Gasteiger partial charge is 3.00 e. The SMILES string of the molecule is NCC(=O)O.[Al+3].[OH-].[OH-].[OH-]. The van der Waals surface area contributed by atoms with Crippen molar-refractivity contribution in [3.63, 3.8) is 0 Å². The summed E-state index contributed by atoms with van der Waals surface area (Å²) >= 11 is 0. The Morgan fingerprint density at radius 2 is 1.44 bits per heavy atom. The third-order valence-electron chi connectivity index (χ3n) is 0.175. The summed E-state index contributed by atoms with van der Waals surface area (Å²) in [5.41, 5.74) is 4.57. The first kappa shape index (κ1) is 36.8. The van der Waals surface area contributed by atoms with Gasteiger partial charge in [-0.15, -0.1) is 0 Å². The van der Waals surface area contributed by atoms with Gasteiger partial charge in [0.1, 0.15) is 0 Å². The van der Waals surface area contributed by atoms with Gasteiger partial charge in [-0.05, 0) is 0 Å². The molecule has 0 aliphatic carbocycles. The molecule has 0 atom stereocenters. The summed E-state index contributed by atoms with van der Waals surface area (Å²) in [6.07, 6.45) is 0. The van der Waals surface area contributed by atoms with E-state index in [0.29, 0.717) is 0 Å². The van der Waals surface area contributed by atoms with Crippen LogP contribution in [0.3, 0.4) is 0 Å². The molecule has 0 radical (unpaired) electrons. The molecule has 6 N–H and O–H groups in total. The number of hydrogen-bond acceptors (Lipinski definition) is 5. The monoisotopic (exact) mass is 153 g/mol. The first-order valence-corrected chi connectivity index (χ1v) is 1.19. The first-order valence-electron chi connectivity index (χ1n) is 1.19. The maximum atomic E-state index is 9.24. The van der Waals surface area contributed by atoms with Crippen molar-refractivity contribution < 1.29 is 26.3 Å². The fourth-order valence-corrected chi connectivity index (χ4v) is 0. The van der Waals surface area contributed by atoms with Crippen LogP contribution < -0.4 is 5.73 Å². The van der Waals surface area contributed by atoms with Crippen LogP contribution >= 0.6 is 0 Å². The van der Waals surface area contributed by atoms with E-state index in [9.17, 15) is 4.79 Å². The van der Waals surface area contributed by atoms with Crippen LogP contribution in [-0.4, -0.2) is 51.4 Å². The van der Waals surface area contributed by atoms with Crippen LogP contribution in [0.2, 0.25) is 0 Å². The minimum Gasteiger partial charge on any atom is -0.870 e. The van der Waals surface area contributed by atoms with Gasteiger partial charge in [0.2, 0.25) is 0 Å². The number of hydrogen-bond donors (Lipinski definition) is 2. The average molecular weight is 153 g/mol. The normalized spacial score (nSPS) is 4.11. The zero-order chi connectivity index (χ0) is 4.28. The average Bonchev–Trinajstić information content (AvgIpc) is 1.38. The number of aliphatic carboxylic acids is 1. The molecule has 0 aromatic rings. The molecule has 0 saturated carbocycles. The Hall–Kier alpha value is -0.158. The minimum atomic E-state index is -0.968. The molecule has 0 heterocycles. The Bertz CT molecular complexity index is 50.2. The van der Waals surface area contributed by atoms with E-state index >= 15 is 0 Å². The van der Waals surface area contributed by atoms with Gasteiger partial charge >= 0.3 is 23.3 Å². The van der Waals surface area contributed by atoms with E-state index in [-0.39, 0.29) is 40.3 Å². The second-order valence-corrected chi connectivity index (χ2v) is 0.598. The van der Waals surface area contributed by atoms with Crippen molar-refractivity contribution in [2.45, 2.75) is 0 Å². The summed E-state index contributed by atoms with van der Waals surface area (Å²) in [7, 11) is 0. The van der Waals surface area contributed by atoms with Gasteiger partial charge in [-0.1, -0.05) is 0 Å². The van der Waals surface area contributed by atoms with Crippen LogP contribution in [0.4, 0.5) is 0 Å². The quantitative estimate of drug-likeness (QED) is 0.420. The van der Waals surface area contributed by atoms with Crippen molar-refractivity contribution in [3.8, 4) is 0 Å². The van der Waals surface area contributed by atoms with E-state index in [2.05, 4.69) is 5.73 Å². The molecule has 7 heteroatoms. The molecule has 0 aromatic heterocycles. The molecule has 0 unspecified atom stereocenters. The van der Waals surface area contributed by atoms with Crippen LogP contribution in [0.25, 0.3) is 0 Å². The van der Waals surface area contributed by atoms with Gasteiger partial charge in [-0.2, -0.15) is 0 Å². The molecular weight excluding hydrogens is 145 g/mol. The molecule has 0 bridgehead atoms. The predicted octanol–water partition coefficient (Wildman–Crippen LogP) is -1.88. The molecular formula is C2H8AlNO5. The summed E-state index contributed by atoms with van der Waals surface area (Å²) in [6.45, 7) is -0.278. The summed E-state index contributed by atoms with van der Waals surface area (Å²) in [5.74, 6) is -0.968. The van der Waals surface area contributed by atoms with E-state index in [1.165, 1.54) is 0 Å². The van der Waals surface area contributed by atoms with E-state index in [0.717, 1.165) is 0 Å². The molecule has 0 aromatic carbocycles. The van der Waals surface area contributed by atoms with E-state index in [4.69, 9.17) is 5.11 Å². The number of carboxylic acids is 1. The topological polar surface area (TPSA) is 153 Å². The third-order valence-corrected chi connectivity index (χ3v) is 0.175. The Balaban J connectivity index is -0.0000000133. The predicted molar refractivity (Wildman–Crippen MR) is 28.3 cm³/mol. The summed E-state index contributed by atoms with van der Waals surface area (Å²) in [5, 5.41) is 7.60. The van der Waals surface area contributed by atoms with Crippen molar-refractivity contribution in [2.24, 2.45) is 5.73 Å². The molecule has 0 amide bonds. The van der Waals surface area contributed by atoms with Crippen LogP contribution in [0.1, 0.15) is 0 Å². The molecule has 0 saturated heterocycles. The van der Waals surface area contributed by atoms with Crippen molar-refractivity contribution in [3.05, 3.63) is 0 Å². The smallest absolute Gasteiger partial charge is 0.870 e.